The van der Waals surface area contributed by atoms with Crippen molar-refractivity contribution in [3.8, 4) is 17.2 Å². The average Bonchev–Trinajstić information content (AvgIpc) is 3.48. The summed E-state index contributed by atoms with van der Waals surface area (Å²) in [7, 11) is 2.91. The Labute approximate surface area is 232 Å². The number of ether oxygens (including phenoxy) is 3. The van der Waals surface area contributed by atoms with Gasteiger partial charge in [0.2, 0.25) is 0 Å². The van der Waals surface area contributed by atoms with Gasteiger partial charge >= 0.3 is 12.0 Å². The third-order valence-electron chi connectivity index (χ3n) is 6.73. The first-order chi connectivity index (χ1) is 19.3. The lowest BCUT2D eigenvalue weighted by molar-refractivity contribution is -0.126. The van der Waals surface area contributed by atoms with E-state index in [4.69, 9.17) is 14.2 Å². The predicted octanol–water partition coefficient (Wildman–Crippen LogP) is 4.67. The van der Waals surface area contributed by atoms with Crippen molar-refractivity contribution < 1.29 is 33.7 Å². The summed E-state index contributed by atoms with van der Waals surface area (Å²) in [5.41, 5.74) is 2.83. The minimum Gasteiger partial charge on any atom is -0.495 e. The van der Waals surface area contributed by atoms with Crippen LogP contribution in [0.3, 0.4) is 0 Å². The molecule has 4 rings (SSSR count). The Kier molecular flexibility index (Phi) is 9.23. The summed E-state index contributed by atoms with van der Waals surface area (Å²) in [6, 6.07) is 16.3. The van der Waals surface area contributed by atoms with Crippen molar-refractivity contribution in [2.45, 2.75) is 38.3 Å². The zero-order valence-electron chi connectivity index (χ0n) is 22.7. The zero-order valence-corrected chi connectivity index (χ0v) is 22.7. The maximum atomic E-state index is 13.6. The van der Waals surface area contributed by atoms with Crippen molar-refractivity contribution in [3.05, 3.63) is 77.4 Å². The van der Waals surface area contributed by atoms with Crippen LogP contribution in [0.2, 0.25) is 0 Å². The van der Waals surface area contributed by atoms with Gasteiger partial charge in [0.05, 0.1) is 31.5 Å². The summed E-state index contributed by atoms with van der Waals surface area (Å²) < 4.78 is 17.0. The Bertz CT molecular complexity index is 1390. The molecular formula is C30H33N3O7. The third kappa shape index (κ3) is 6.89. The largest absolute Gasteiger partial charge is 0.495 e. The van der Waals surface area contributed by atoms with Crippen LogP contribution < -0.4 is 30.2 Å². The molecule has 3 aromatic rings. The highest BCUT2D eigenvalue weighted by atomic mass is 16.5. The van der Waals surface area contributed by atoms with Crippen molar-refractivity contribution in [1.82, 2.24) is 5.32 Å². The van der Waals surface area contributed by atoms with E-state index >= 15 is 0 Å². The van der Waals surface area contributed by atoms with Gasteiger partial charge in [-0.15, -0.1) is 0 Å². The van der Waals surface area contributed by atoms with E-state index in [-0.39, 0.29) is 35.3 Å². The van der Waals surface area contributed by atoms with Crippen LogP contribution in [-0.4, -0.2) is 55.8 Å². The van der Waals surface area contributed by atoms with Crippen molar-refractivity contribution >= 4 is 29.2 Å². The number of carboxylic acids is 1. The number of methoxy groups -OCH3 is 2. The molecule has 3 aromatic carbocycles. The number of aromatic carboxylic acids is 1. The lowest BCUT2D eigenvalue weighted by Crippen LogP contribution is -2.45. The van der Waals surface area contributed by atoms with Crippen LogP contribution in [0.15, 0.2) is 60.7 Å². The van der Waals surface area contributed by atoms with Gasteiger partial charge < -0.3 is 35.3 Å². The second kappa shape index (κ2) is 13.0. The van der Waals surface area contributed by atoms with E-state index in [0.717, 1.165) is 24.9 Å². The molecule has 10 heteroatoms. The van der Waals surface area contributed by atoms with Crippen molar-refractivity contribution in [2.75, 3.05) is 31.4 Å². The number of rotatable bonds is 11. The molecule has 1 aliphatic rings. The fourth-order valence-corrected chi connectivity index (χ4v) is 4.62. The van der Waals surface area contributed by atoms with Gasteiger partial charge in [0.25, 0.3) is 0 Å². The van der Waals surface area contributed by atoms with Gasteiger partial charge in [-0.3, -0.25) is 4.79 Å². The van der Waals surface area contributed by atoms with Crippen LogP contribution in [-0.2, 0) is 11.2 Å². The summed E-state index contributed by atoms with van der Waals surface area (Å²) >= 11 is 0. The number of Topliss-reactive ketones (excluding diaryl/α,β-unsaturated/α-hetero) is 1. The number of hydrogen-bond acceptors (Lipinski definition) is 7. The molecule has 1 saturated heterocycles. The van der Waals surface area contributed by atoms with E-state index in [2.05, 4.69) is 16.0 Å². The maximum Gasteiger partial charge on any atom is 0.335 e. The molecule has 210 valence electrons. The SMILES string of the molecule is COc1cc(CC(=O)C(Oc2ccc(C(=O)O)cc2OC)C2CCCN2)ccc1NC(=O)Nc1ccccc1C. The topological polar surface area (TPSA) is 135 Å². The number of carboxylic acid groups (broad SMARTS) is 1. The highest BCUT2D eigenvalue weighted by molar-refractivity contribution is 6.01. The van der Waals surface area contributed by atoms with Gasteiger partial charge in [0.1, 0.15) is 5.75 Å². The number of ketones is 1. The zero-order chi connectivity index (χ0) is 28.6. The van der Waals surface area contributed by atoms with Crippen LogP contribution in [0.25, 0.3) is 0 Å². The number of nitrogens with one attached hydrogen (secondary N) is 3. The molecule has 0 bridgehead atoms. The molecule has 40 heavy (non-hydrogen) atoms. The molecule has 0 aromatic heterocycles. The Morgan fingerprint density at radius 3 is 2.38 bits per heavy atom. The van der Waals surface area contributed by atoms with Crippen LogP contribution in [0.5, 0.6) is 17.2 Å². The molecular weight excluding hydrogens is 514 g/mol. The number of hydrogen-bond donors (Lipinski definition) is 4. The van der Waals surface area contributed by atoms with E-state index in [0.29, 0.717) is 22.7 Å². The first-order valence-corrected chi connectivity index (χ1v) is 12.9. The van der Waals surface area contributed by atoms with Gasteiger partial charge in [0.15, 0.2) is 23.4 Å². The second-order valence-electron chi connectivity index (χ2n) is 9.48. The average molecular weight is 548 g/mol. The molecule has 10 nitrogen and oxygen atoms in total. The van der Waals surface area contributed by atoms with Crippen LogP contribution in [0, 0.1) is 6.92 Å². The van der Waals surface area contributed by atoms with Crippen molar-refractivity contribution in [2.24, 2.45) is 0 Å². The number of carbonyl (C=O) groups is 3. The molecule has 2 unspecified atom stereocenters. The quantitative estimate of drug-likeness (QED) is 0.272. The van der Waals surface area contributed by atoms with Crippen LogP contribution in [0.1, 0.15) is 34.3 Å². The lowest BCUT2D eigenvalue weighted by Gasteiger charge is -2.25. The van der Waals surface area contributed by atoms with Crippen molar-refractivity contribution in [3.63, 3.8) is 0 Å². The Balaban J connectivity index is 1.49. The number of para-hydroxylation sites is 1. The van der Waals surface area contributed by atoms with E-state index in [9.17, 15) is 19.5 Å². The summed E-state index contributed by atoms with van der Waals surface area (Å²) in [5.74, 6) is -0.320. The smallest absolute Gasteiger partial charge is 0.335 e. The first-order valence-electron chi connectivity index (χ1n) is 12.9. The van der Waals surface area contributed by atoms with Gasteiger partial charge in [-0.1, -0.05) is 24.3 Å². The Hall–Kier alpha value is -4.57. The number of benzene rings is 3. The molecule has 1 aliphatic heterocycles. The van der Waals surface area contributed by atoms with Gasteiger partial charge in [-0.2, -0.15) is 0 Å². The highest BCUT2D eigenvalue weighted by Crippen LogP contribution is 2.31. The molecule has 0 radical (unpaired) electrons. The number of urea groups is 1. The van der Waals surface area contributed by atoms with Gasteiger partial charge in [0, 0.05) is 12.1 Å². The van der Waals surface area contributed by atoms with Crippen LogP contribution >= 0.6 is 0 Å². The minimum absolute atomic E-state index is 0.0550. The maximum absolute atomic E-state index is 13.6. The summed E-state index contributed by atoms with van der Waals surface area (Å²) in [4.78, 5) is 37.5. The molecule has 4 N–H and O–H groups in total. The summed E-state index contributed by atoms with van der Waals surface area (Å²) in [6.45, 7) is 2.67. The van der Waals surface area contributed by atoms with E-state index in [1.54, 1.807) is 18.2 Å². The van der Waals surface area contributed by atoms with Gasteiger partial charge in [-0.05, 0) is 73.8 Å². The first kappa shape index (κ1) is 28.4. The number of carbonyl (C=O) groups excluding carboxylic acids is 2. The fourth-order valence-electron chi connectivity index (χ4n) is 4.62. The standard InChI is InChI=1S/C30H33N3O7/c1-18-7-4-5-8-21(18)32-30(37)33-22-12-10-19(16-26(22)38-2)15-24(34)28(23-9-6-14-31-23)40-25-13-11-20(29(35)36)17-27(25)39-3/h4-5,7-8,10-13,16-17,23,28,31H,6,9,14-15H2,1-3H3,(H,35,36)(H2,32,33,37). The molecule has 0 aliphatic carbocycles. The highest BCUT2D eigenvalue weighted by Gasteiger charge is 2.33. The van der Waals surface area contributed by atoms with E-state index in [1.165, 1.54) is 32.4 Å². The summed E-state index contributed by atoms with van der Waals surface area (Å²) in [6.07, 6.45) is 0.903. The molecule has 2 amide bonds. The number of aryl methyl sites for hydroxylation is 1. The summed E-state index contributed by atoms with van der Waals surface area (Å²) in [5, 5.41) is 18.2. The molecule has 1 heterocycles. The predicted molar refractivity (Wildman–Crippen MR) is 151 cm³/mol. The molecule has 1 fully saturated rings. The molecule has 2 atom stereocenters. The Morgan fingerprint density at radius 1 is 0.950 bits per heavy atom. The normalized spacial score (nSPS) is 15.1. The number of anilines is 2. The number of amides is 2. The minimum atomic E-state index is -1.09. The second-order valence-corrected chi connectivity index (χ2v) is 9.48. The van der Waals surface area contributed by atoms with Crippen molar-refractivity contribution in [1.29, 1.82) is 0 Å². The van der Waals surface area contributed by atoms with E-state index < -0.39 is 18.1 Å². The Morgan fingerprint density at radius 2 is 1.70 bits per heavy atom. The van der Waals surface area contributed by atoms with E-state index in [1.807, 2.05) is 31.2 Å². The lowest BCUT2D eigenvalue weighted by atomic mass is 9.98. The third-order valence-corrected chi connectivity index (χ3v) is 6.73. The fraction of sp³-hybridized carbons (Fsp3) is 0.300. The van der Waals surface area contributed by atoms with Crippen LogP contribution in [0.4, 0.5) is 16.2 Å². The molecule has 0 spiro atoms. The van der Waals surface area contributed by atoms with Gasteiger partial charge in [-0.25, -0.2) is 9.59 Å². The molecule has 0 saturated carbocycles. The monoisotopic (exact) mass is 547 g/mol.